The first-order valence-electron chi connectivity index (χ1n) is 13.7. The van der Waals surface area contributed by atoms with Gasteiger partial charge < -0.3 is 9.47 Å². The Morgan fingerprint density at radius 2 is 1.51 bits per heavy atom. The van der Waals surface area contributed by atoms with Crippen LogP contribution in [-0.4, -0.2) is 19.3 Å². The molecule has 202 valence electrons. The summed E-state index contributed by atoms with van der Waals surface area (Å²) in [6.45, 7) is 6.29. The average molecular weight is 519 g/mol. The van der Waals surface area contributed by atoms with Crippen molar-refractivity contribution in [2.75, 3.05) is 13.2 Å². The summed E-state index contributed by atoms with van der Waals surface area (Å²) in [5.41, 5.74) is -0.387. The molecule has 0 spiro atoms. The van der Waals surface area contributed by atoms with Gasteiger partial charge >= 0.3 is 0 Å². The van der Waals surface area contributed by atoms with Crippen molar-refractivity contribution in [3.63, 3.8) is 0 Å². The Morgan fingerprint density at radius 1 is 0.838 bits per heavy atom. The van der Waals surface area contributed by atoms with Gasteiger partial charge in [0.05, 0.1) is 12.7 Å². The predicted molar refractivity (Wildman–Crippen MR) is 139 cm³/mol. The topological polar surface area (TPSA) is 18.5 Å². The summed E-state index contributed by atoms with van der Waals surface area (Å²) in [7, 11) is 0. The summed E-state index contributed by atoms with van der Waals surface area (Å²) in [5.74, 6) is -3.13. The average Bonchev–Trinajstić information content (AvgIpc) is 2.92. The number of rotatable bonds is 10. The van der Waals surface area contributed by atoms with Crippen LogP contribution in [0.4, 0.5) is 17.6 Å². The van der Waals surface area contributed by atoms with Crippen LogP contribution in [0.5, 0.6) is 5.75 Å². The zero-order valence-corrected chi connectivity index (χ0v) is 21.7. The van der Waals surface area contributed by atoms with Crippen LogP contribution in [-0.2, 0) is 11.2 Å². The largest absolute Gasteiger partial charge is 0.491 e. The fourth-order valence-corrected chi connectivity index (χ4v) is 5.98. The number of hydrogen-bond acceptors (Lipinski definition) is 2. The van der Waals surface area contributed by atoms with Gasteiger partial charge in [0.25, 0.3) is 0 Å². The van der Waals surface area contributed by atoms with Crippen molar-refractivity contribution < 1.29 is 27.0 Å². The van der Waals surface area contributed by atoms with Crippen LogP contribution in [0.3, 0.4) is 0 Å². The van der Waals surface area contributed by atoms with Crippen LogP contribution in [0.15, 0.2) is 36.9 Å². The van der Waals surface area contributed by atoms with Crippen molar-refractivity contribution in [3.05, 3.63) is 65.8 Å². The van der Waals surface area contributed by atoms with E-state index in [4.69, 9.17) is 9.47 Å². The SMILES string of the molecule is C=CCCC1CCC(C2CCC(CCc3ccc(-c4ccc(OCC)c(F)c4F)c(F)c3F)CO2)CC1. The second kappa shape index (κ2) is 12.9. The quantitative estimate of drug-likeness (QED) is 0.231. The number of ether oxygens (including phenoxy) is 2. The molecule has 4 rings (SSSR count). The molecule has 0 N–H and O–H groups in total. The Labute approximate surface area is 218 Å². The molecule has 0 amide bonds. The molecule has 2 aromatic carbocycles. The number of hydrogen-bond donors (Lipinski definition) is 0. The molecular formula is C31H38F4O2. The maximum atomic E-state index is 14.9. The molecule has 1 saturated carbocycles. The highest BCUT2D eigenvalue weighted by molar-refractivity contribution is 5.66. The van der Waals surface area contributed by atoms with Crippen molar-refractivity contribution in [3.8, 4) is 16.9 Å². The van der Waals surface area contributed by atoms with Crippen molar-refractivity contribution in [1.82, 2.24) is 0 Å². The van der Waals surface area contributed by atoms with Gasteiger partial charge in [0.2, 0.25) is 5.82 Å². The van der Waals surface area contributed by atoms with Gasteiger partial charge in [-0.05, 0) is 93.7 Å². The fraction of sp³-hybridized carbons (Fsp3) is 0.548. The lowest BCUT2D eigenvalue weighted by atomic mass is 9.75. The van der Waals surface area contributed by atoms with Crippen molar-refractivity contribution in [2.24, 2.45) is 17.8 Å². The first-order chi connectivity index (χ1) is 17.9. The molecule has 0 aromatic heterocycles. The van der Waals surface area contributed by atoms with Gasteiger partial charge in [-0.15, -0.1) is 6.58 Å². The molecule has 1 heterocycles. The Kier molecular flexibility index (Phi) is 9.69. The summed E-state index contributed by atoms with van der Waals surface area (Å²) in [5, 5.41) is 0. The van der Waals surface area contributed by atoms with Crippen LogP contribution in [0.1, 0.15) is 70.3 Å². The standard InChI is InChI=1S/C31H38F4O2/c1-3-5-6-20-7-11-22(12-8-20)26-17-10-21(19-37-26)9-13-23-14-15-24(29(33)28(23)32)25-16-18-27(36-4-2)31(35)30(25)34/h3,14-16,18,20-22,26H,1,4-13,17,19H2,2H3. The second-order valence-electron chi connectivity index (χ2n) is 10.6. The van der Waals surface area contributed by atoms with E-state index in [2.05, 4.69) is 6.58 Å². The minimum Gasteiger partial charge on any atom is -0.491 e. The van der Waals surface area contributed by atoms with Crippen LogP contribution < -0.4 is 4.74 Å². The molecule has 0 bridgehead atoms. The molecule has 1 aliphatic heterocycles. The minimum atomic E-state index is -1.25. The van der Waals surface area contributed by atoms with Crippen LogP contribution >= 0.6 is 0 Å². The number of benzene rings is 2. The molecule has 0 radical (unpaired) electrons. The molecule has 6 heteroatoms. The van der Waals surface area contributed by atoms with Crippen molar-refractivity contribution in [1.29, 1.82) is 0 Å². The van der Waals surface area contributed by atoms with E-state index in [9.17, 15) is 17.6 Å². The highest BCUT2D eigenvalue weighted by Gasteiger charge is 2.31. The molecule has 1 saturated heterocycles. The Morgan fingerprint density at radius 3 is 2.16 bits per heavy atom. The van der Waals surface area contributed by atoms with Crippen LogP contribution in [0.25, 0.3) is 11.1 Å². The Balaban J connectivity index is 1.30. The normalized spacial score (nSPS) is 24.1. The molecular weight excluding hydrogens is 480 g/mol. The molecule has 2 aliphatic rings. The zero-order chi connectivity index (χ0) is 26.4. The van der Waals surface area contributed by atoms with E-state index >= 15 is 0 Å². The lowest BCUT2D eigenvalue weighted by Crippen LogP contribution is -2.34. The van der Waals surface area contributed by atoms with Crippen LogP contribution in [0, 0.1) is 41.0 Å². The van der Waals surface area contributed by atoms with E-state index in [1.54, 1.807) is 6.92 Å². The maximum Gasteiger partial charge on any atom is 0.201 e. The highest BCUT2D eigenvalue weighted by Crippen LogP contribution is 2.38. The van der Waals surface area contributed by atoms with Gasteiger partial charge in [-0.3, -0.25) is 0 Å². The minimum absolute atomic E-state index is 0.164. The second-order valence-corrected chi connectivity index (χ2v) is 10.6. The number of aryl methyl sites for hydroxylation is 1. The molecule has 1 aliphatic carbocycles. The lowest BCUT2D eigenvalue weighted by molar-refractivity contribution is -0.0594. The smallest absolute Gasteiger partial charge is 0.201 e. The van der Waals surface area contributed by atoms with Crippen LogP contribution in [0.2, 0.25) is 0 Å². The van der Waals surface area contributed by atoms with E-state index in [0.29, 0.717) is 37.4 Å². The number of allylic oxidation sites excluding steroid dienone is 1. The van der Waals surface area contributed by atoms with Gasteiger partial charge in [0.15, 0.2) is 23.2 Å². The summed E-state index contributed by atoms with van der Waals surface area (Å²) in [6, 6.07) is 5.24. The number of halogens is 4. The molecule has 2 atom stereocenters. The van der Waals surface area contributed by atoms with Gasteiger partial charge in [-0.25, -0.2) is 13.2 Å². The Hall–Kier alpha value is -2.34. The maximum absolute atomic E-state index is 14.9. The highest BCUT2D eigenvalue weighted by atomic mass is 19.2. The predicted octanol–water partition coefficient (Wildman–Crippen LogP) is 8.81. The first kappa shape index (κ1) is 27.7. The lowest BCUT2D eigenvalue weighted by Gasteiger charge is -2.38. The monoisotopic (exact) mass is 518 g/mol. The first-order valence-corrected chi connectivity index (χ1v) is 13.7. The zero-order valence-electron chi connectivity index (χ0n) is 21.7. The van der Waals surface area contributed by atoms with Gasteiger partial charge in [0.1, 0.15) is 0 Å². The third-order valence-electron chi connectivity index (χ3n) is 8.22. The molecule has 2 nitrogen and oxygen atoms in total. The molecule has 2 unspecified atom stereocenters. The van der Waals surface area contributed by atoms with E-state index in [-0.39, 0.29) is 29.0 Å². The summed E-state index contributed by atoms with van der Waals surface area (Å²) < 4.78 is 69.9. The summed E-state index contributed by atoms with van der Waals surface area (Å²) in [6.07, 6.45) is 12.8. The fourth-order valence-electron chi connectivity index (χ4n) is 5.98. The van der Waals surface area contributed by atoms with Gasteiger partial charge in [-0.1, -0.05) is 31.1 Å². The van der Waals surface area contributed by atoms with E-state index in [0.717, 1.165) is 25.2 Å². The van der Waals surface area contributed by atoms with Gasteiger partial charge in [0, 0.05) is 17.7 Å². The summed E-state index contributed by atoms with van der Waals surface area (Å²) >= 11 is 0. The molecule has 37 heavy (non-hydrogen) atoms. The molecule has 2 aromatic rings. The van der Waals surface area contributed by atoms with Crippen molar-refractivity contribution in [2.45, 2.75) is 77.2 Å². The van der Waals surface area contributed by atoms with E-state index in [1.807, 2.05) is 6.08 Å². The van der Waals surface area contributed by atoms with E-state index in [1.165, 1.54) is 56.4 Å². The Bertz CT molecular complexity index is 1050. The third-order valence-corrected chi connectivity index (χ3v) is 8.22. The third kappa shape index (κ3) is 6.57. The summed E-state index contributed by atoms with van der Waals surface area (Å²) in [4.78, 5) is 0. The van der Waals surface area contributed by atoms with Crippen molar-refractivity contribution >= 4 is 0 Å². The van der Waals surface area contributed by atoms with E-state index < -0.39 is 23.3 Å². The molecule has 2 fully saturated rings. The van der Waals surface area contributed by atoms with Gasteiger partial charge in [-0.2, -0.15) is 4.39 Å².